The first-order chi connectivity index (χ1) is 14.9. The molecule has 1 aromatic carbocycles. The van der Waals surface area contributed by atoms with E-state index in [1.54, 1.807) is 0 Å². The smallest absolute Gasteiger partial charge is 0.286 e. The van der Waals surface area contributed by atoms with Crippen LogP contribution in [0.25, 0.3) is 0 Å². The molecule has 0 unspecified atom stereocenters. The van der Waals surface area contributed by atoms with Gasteiger partial charge < -0.3 is 0 Å². The van der Waals surface area contributed by atoms with E-state index in [1.165, 1.54) is 0 Å². The van der Waals surface area contributed by atoms with Gasteiger partial charge in [-0.15, -0.1) is 0 Å². The van der Waals surface area contributed by atoms with Gasteiger partial charge in [0.1, 0.15) is 6.67 Å². The minimum absolute atomic E-state index is 0.0123. The van der Waals surface area contributed by atoms with E-state index in [2.05, 4.69) is 0 Å². The van der Waals surface area contributed by atoms with Crippen molar-refractivity contribution < 1.29 is 40.7 Å². The van der Waals surface area contributed by atoms with Crippen molar-refractivity contribution in [2.24, 2.45) is 35.5 Å². The number of halogens is 6. The second-order valence-electron chi connectivity index (χ2n) is 8.68. The molecule has 4 aliphatic carbocycles. The van der Waals surface area contributed by atoms with Crippen LogP contribution in [0, 0.1) is 35.5 Å². The van der Waals surface area contributed by atoms with Crippen LogP contribution in [0.15, 0.2) is 36.4 Å². The van der Waals surface area contributed by atoms with E-state index in [1.807, 2.05) is 12.2 Å². The van der Waals surface area contributed by atoms with Crippen LogP contribution in [0.5, 0.6) is 0 Å². The third-order valence-electron chi connectivity index (χ3n) is 7.01. The standard InChI is InChI=1S/C21H16F6N2O3/c22-20(23,24)9-2-1-3-10(6-9)28(19(32)21(25,26)27)8-29-17(30)15-11-4-5-12(14-7-13(11)14)16(15)18(29)31/h1-6,11-16H,7-8H2/t11-,12+,13-,14-,15+,16-/m1/s1. The number of benzene rings is 1. The van der Waals surface area contributed by atoms with Gasteiger partial charge in [0.15, 0.2) is 0 Å². The van der Waals surface area contributed by atoms with Gasteiger partial charge in [0.05, 0.1) is 17.4 Å². The Balaban J connectivity index is 1.48. The molecule has 6 rings (SSSR count). The summed E-state index contributed by atoms with van der Waals surface area (Å²) in [5.74, 6) is -5.08. The number of carbonyl (C=O) groups excluding carboxylic acids is 3. The van der Waals surface area contributed by atoms with Crippen LogP contribution in [0.1, 0.15) is 12.0 Å². The Labute approximate surface area is 177 Å². The van der Waals surface area contributed by atoms with Crippen molar-refractivity contribution in [3.05, 3.63) is 42.0 Å². The van der Waals surface area contributed by atoms with E-state index >= 15 is 0 Å². The average molecular weight is 458 g/mol. The molecule has 1 aromatic rings. The van der Waals surface area contributed by atoms with E-state index in [4.69, 9.17) is 0 Å². The summed E-state index contributed by atoms with van der Waals surface area (Å²) in [6.07, 6.45) is -5.64. The molecule has 1 aliphatic heterocycles. The summed E-state index contributed by atoms with van der Waals surface area (Å²) >= 11 is 0. The molecule has 170 valence electrons. The van der Waals surface area contributed by atoms with Crippen LogP contribution in [-0.4, -0.2) is 35.5 Å². The van der Waals surface area contributed by atoms with Gasteiger partial charge in [0.2, 0.25) is 11.8 Å². The second-order valence-corrected chi connectivity index (χ2v) is 8.68. The number of anilines is 1. The highest BCUT2D eigenvalue weighted by Crippen LogP contribution is 2.65. The van der Waals surface area contributed by atoms with E-state index in [9.17, 15) is 40.7 Å². The third kappa shape index (κ3) is 3.04. The predicted octanol–water partition coefficient (Wildman–Crippen LogP) is 3.61. The van der Waals surface area contributed by atoms with Gasteiger partial charge in [-0.05, 0) is 48.3 Å². The number of nitrogens with zero attached hydrogens (tertiary/aromatic N) is 2. The van der Waals surface area contributed by atoms with Gasteiger partial charge in [0.25, 0.3) is 0 Å². The molecule has 2 bridgehead atoms. The molecule has 2 saturated carbocycles. The first-order valence-corrected chi connectivity index (χ1v) is 9.99. The van der Waals surface area contributed by atoms with Crippen molar-refractivity contribution in [3.8, 4) is 0 Å². The topological polar surface area (TPSA) is 57.7 Å². The summed E-state index contributed by atoms with van der Waals surface area (Å²) in [6, 6.07) is 2.80. The molecule has 5 aliphatic rings. The number of alkyl halides is 6. The molecule has 0 radical (unpaired) electrons. The lowest BCUT2D eigenvalue weighted by molar-refractivity contribution is -0.171. The van der Waals surface area contributed by atoms with Gasteiger partial charge in [-0.2, -0.15) is 26.3 Å². The zero-order chi connectivity index (χ0) is 23.2. The normalized spacial score (nSPS) is 32.8. The second kappa shape index (κ2) is 6.58. The third-order valence-corrected chi connectivity index (χ3v) is 7.01. The van der Waals surface area contributed by atoms with Gasteiger partial charge in [-0.1, -0.05) is 18.2 Å². The maximum atomic E-state index is 13.3. The fourth-order valence-corrected chi connectivity index (χ4v) is 5.57. The first-order valence-electron chi connectivity index (χ1n) is 9.99. The van der Waals surface area contributed by atoms with Crippen molar-refractivity contribution in [1.29, 1.82) is 0 Å². The number of likely N-dealkylation sites (tertiary alicyclic amines) is 1. The molecule has 1 heterocycles. The highest BCUT2D eigenvalue weighted by molar-refractivity contribution is 6.07. The molecule has 32 heavy (non-hydrogen) atoms. The first kappa shape index (κ1) is 21.0. The SMILES string of the molecule is O=C1[C@@H]2[C@H]3C=C[C@H]([C@H]4C[C@H]34)[C@@H]2C(=O)N1CN(C(=O)C(F)(F)F)c1cccc(C(F)(F)F)c1. The molecule has 0 spiro atoms. The highest BCUT2D eigenvalue weighted by atomic mass is 19.4. The van der Waals surface area contributed by atoms with Crippen LogP contribution < -0.4 is 4.90 Å². The zero-order valence-corrected chi connectivity index (χ0v) is 16.2. The molecular weight excluding hydrogens is 442 g/mol. The monoisotopic (exact) mass is 458 g/mol. The van der Waals surface area contributed by atoms with Crippen molar-refractivity contribution in [3.63, 3.8) is 0 Å². The zero-order valence-electron chi connectivity index (χ0n) is 16.2. The number of amides is 3. The Morgan fingerprint density at radius 2 is 1.53 bits per heavy atom. The number of allylic oxidation sites excluding steroid dienone is 2. The van der Waals surface area contributed by atoms with Crippen LogP contribution in [0.4, 0.5) is 32.0 Å². The molecule has 3 amide bonds. The fourth-order valence-electron chi connectivity index (χ4n) is 5.57. The van der Waals surface area contributed by atoms with Crippen LogP contribution in [-0.2, 0) is 20.6 Å². The van der Waals surface area contributed by atoms with Crippen LogP contribution in [0.2, 0.25) is 0 Å². The number of hydrogen-bond acceptors (Lipinski definition) is 3. The molecule has 11 heteroatoms. The van der Waals surface area contributed by atoms with Crippen LogP contribution in [0.3, 0.4) is 0 Å². The van der Waals surface area contributed by atoms with E-state index < -0.39 is 59.8 Å². The number of hydrogen-bond donors (Lipinski definition) is 0. The molecule has 6 atom stereocenters. The van der Waals surface area contributed by atoms with Crippen molar-refractivity contribution >= 4 is 23.4 Å². The summed E-state index contributed by atoms with van der Waals surface area (Å²) < 4.78 is 79.0. The van der Waals surface area contributed by atoms with Gasteiger partial charge in [-0.25, -0.2) is 0 Å². The molecule has 3 fully saturated rings. The van der Waals surface area contributed by atoms with Crippen molar-refractivity contribution in [1.82, 2.24) is 4.90 Å². The molecule has 0 aromatic heterocycles. The predicted molar refractivity (Wildman–Crippen MR) is 96.4 cm³/mol. The average Bonchev–Trinajstić information content (AvgIpc) is 3.50. The Bertz CT molecular complexity index is 1010. The summed E-state index contributed by atoms with van der Waals surface area (Å²) in [5, 5.41) is 0. The maximum absolute atomic E-state index is 13.3. The Morgan fingerprint density at radius 1 is 0.969 bits per heavy atom. The quantitative estimate of drug-likeness (QED) is 0.395. The fraction of sp³-hybridized carbons (Fsp3) is 0.476. The van der Waals surface area contributed by atoms with E-state index in [-0.39, 0.29) is 28.6 Å². The minimum Gasteiger partial charge on any atom is -0.286 e. The number of carbonyl (C=O) groups is 3. The largest absolute Gasteiger partial charge is 0.471 e. The summed E-state index contributed by atoms with van der Waals surface area (Å²) in [4.78, 5) is 38.8. The van der Waals surface area contributed by atoms with Gasteiger partial charge in [0, 0.05) is 5.69 Å². The van der Waals surface area contributed by atoms with Crippen molar-refractivity contribution in [2.45, 2.75) is 18.8 Å². The van der Waals surface area contributed by atoms with Crippen molar-refractivity contribution in [2.75, 3.05) is 11.6 Å². The lowest BCUT2D eigenvalue weighted by Gasteiger charge is -2.37. The molecule has 0 N–H and O–H groups in total. The van der Waals surface area contributed by atoms with E-state index in [0.717, 1.165) is 18.6 Å². The Hall–Kier alpha value is -2.85. The minimum atomic E-state index is -5.42. The molecular formula is C21H16F6N2O3. The molecule has 1 saturated heterocycles. The summed E-state index contributed by atoms with van der Waals surface area (Å²) in [7, 11) is 0. The summed E-state index contributed by atoms with van der Waals surface area (Å²) in [5.41, 5.74) is -1.97. The van der Waals surface area contributed by atoms with Crippen LogP contribution >= 0.6 is 0 Å². The Kier molecular flexibility index (Phi) is 4.32. The van der Waals surface area contributed by atoms with Gasteiger partial charge in [-0.3, -0.25) is 24.2 Å². The van der Waals surface area contributed by atoms with Gasteiger partial charge >= 0.3 is 18.3 Å². The Morgan fingerprint density at radius 3 is 2.03 bits per heavy atom. The number of rotatable bonds is 3. The number of imide groups is 1. The maximum Gasteiger partial charge on any atom is 0.471 e. The molecule has 5 nitrogen and oxygen atoms in total. The van der Waals surface area contributed by atoms with E-state index in [0.29, 0.717) is 17.0 Å². The highest BCUT2D eigenvalue weighted by Gasteiger charge is 2.67. The lowest BCUT2D eigenvalue weighted by Crippen LogP contribution is -2.49. The summed E-state index contributed by atoms with van der Waals surface area (Å²) in [6.45, 7) is -1.10. The lowest BCUT2D eigenvalue weighted by atomic mass is 9.63.